The van der Waals surface area contributed by atoms with Gasteiger partial charge in [-0.1, -0.05) is 59.3 Å². The highest BCUT2D eigenvalue weighted by Crippen LogP contribution is 2.39. The molecule has 1 unspecified atom stereocenters. The van der Waals surface area contributed by atoms with Crippen molar-refractivity contribution >= 4 is 15.9 Å². The zero-order valence-electron chi connectivity index (χ0n) is 14.9. The number of nitrogens with one attached hydrogen (secondary N) is 1. The fourth-order valence-electron chi connectivity index (χ4n) is 2.32. The van der Waals surface area contributed by atoms with Crippen molar-refractivity contribution in [3.63, 3.8) is 0 Å². The van der Waals surface area contributed by atoms with Gasteiger partial charge < -0.3 is 5.32 Å². The van der Waals surface area contributed by atoms with Crippen LogP contribution in [0.15, 0.2) is 11.3 Å². The Morgan fingerprint density at radius 3 is 2.11 bits per heavy atom. The van der Waals surface area contributed by atoms with Crippen LogP contribution in [0.2, 0.25) is 24.2 Å². The highest BCUT2D eigenvalue weighted by molar-refractivity contribution is 7.35. The molecule has 0 radical (unpaired) electrons. The normalized spacial score (nSPS) is 14.6. The molecule has 0 aliphatic carbocycles. The largest absolute Gasteiger partial charge is 0.315 e. The van der Waals surface area contributed by atoms with Gasteiger partial charge in [0.25, 0.3) is 0 Å². The van der Waals surface area contributed by atoms with Gasteiger partial charge in [0.2, 0.25) is 0 Å². The zero-order valence-corrected chi connectivity index (χ0v) is 17.0. The van der Waals surface area contributed by atoms with Crippen molar-refractivity contribution in [1.29, 1.82) is 0 Å². The molecular weight excluding hydrogens is 262 g/mol. The van der Waals surface area contributed by atoms with E-state index >= 15 is 0 Å². The molecule has 0 aliphatic rings. The molecule has 0 bridgehead atoms. The maximum absolute atomic E-state index is 3.56. The van der Waals surface area contributed by atoms with Gasteiger partial charge in [-0.2, -0.15) is 0 Å². The zero-order chi connectivity index (χ0) is 15.3. The molecular formula is C16H37NSi2. The molecule has 0 saturated carbocycles. The third-order valence-electron chi connectivity index (χ3n) is 4.64. The van der Waals surface area contributed by atoms with Crippen LogP contribution in [-0.2, 0) is 0 Å². The summed E-state index contributed by atoms with van der Waals surface area (Å²) in [7, 11) is -1.89. The van der Waals surface area contributed by atoms with Gasteiger partial charge in [-0.15, -0.1) is 5.70 Å². The van der Waals surface area contributed by atoms with Crippen molar-refractivity contribution in [2.24, 2.45) is 0 Å². The van der Waals surface area contributed by atoms with Crippen LogP contribution < -0.4 is 5.32 Å². The minimum Gasteiger partial charge on any atom is -0.315 e. The average Bonchev–Trinajstić information content (AvgIpc) is 2.19. The second-order valence-electron chi connectivity index (χ2n) is 8.07. The summed E-state index contributed by atoms with van der Waals surface area (Å²) in [6, 6.07) is 2.10. The first kappa shape index (κ1) is 19.1. The first-order valence-electron chi connectivity index (χ1n) is 7.87. The fraction of sp³-hybridized carbons (Fsp3) is 0.875. The predicted molar refractivity (Wildman–Crippen MR) is 96.3 cm³/mol. The van der Waals surface area contributed by atoms with E-state index in [1.165, 1.54) is 19.0 Å². The van der Waals surface area contributed by atoms with E-state index in [4.69, 9.17) is 0 Å². The van der Waals surface area contributed by atoms with Gasteiger partial charge in [0.05, 0.1) is 8.31 Å². The van der Waals surface area contributed by atoms with Crippen LogP contribution in [0.4, 0.5) is 0 Å². The molecule has 1 nitrogen and oxygen atoms in total. The fourth-order valence-corrected chi connectivity index (χ4v) is 14.6. The van der Waals surface area contributed by atoms with Crippen molar-refractivity contribution in [1.82, 2.24) is 5.32 Å². The van der Waals surface area contributed by atoms with Crippen LogP contribution in [0.1, 0.15) is 54.9 Å². The average molecular weight is 300 g/mol. The van der Waals surface area contributed by atoms with E-state index < -0.39 is 15.9 Å². The van der Waals surface area contributed by atoms with E-state index in [-0.39, 0.29) is 0 Å². The molecule has 0 aromatic carbocycles. The van der Waals surface area contributed by atoms with E-state index in [2.05, 4.69) is 72.6 Å². The lowest BCUT2D eigenvalue weighted by atomic mass is 10.2. The second kappa shape index (κ2) is 7.79. The highest BCUT2D eigenvalue weighted by atomic mass is 29.2. The number of hydrogen-bond donors (Lipinski definition) is 1. The Balaban J connectivity index is 4.70. The lowest BCUT2D eigenvalue weighted by molar-refractivity contribution is 0.583. The summed E-state index contributed by atoms with van der Waals surface area (Å²) in [6.07, 6.45) is 1.35. The molecule has 1 atom stereocenters. The molecule has 0 fully saturated rings. The van der Waals surface area contributed by atoms with Crippen molar-refractivity contribution in [3.8, 4) is 0 Å². The molecule has 0 heterocycles. The number of rotatable bonds is 7. The Morgan fingerprint density at radius 2 is 1.74 bits per heavy atom. The molecule has 0 aromatic rings. The van der Waals surface area contributed by atoms with E-state index in [1.807, 2.05) is 0 Å². The molecule has 0 spiro atoms. The van der Waals surface area contributed by atoms with E-state index in [9.17, 15) is 0 Å². The van der Waals surface area contributed by atoms with Gasteiger partial charge in [0, 0.05) is 13.6 Å². The minimum atomic E-state index is -1.14. The molecule has 0 amide bonds. The predicted octanol–water partition coefficient (Wildman–Crippen LogP) is 4.69. The van der Waals surface area contributed by atoms with E-state index in [0.29, 0.717) is 11.1 Å². The number of allylic oxidation sites excluding steroid dienone is 1. The van der Waals surface area contributed by atoms with Crippen LogP contribution in [0.25, 0.3) is 0 Å². The lowest BCUT2D eigenvalue weighted by Crippen LogP contribution is -2.52. The summed E-state index contributed by atoms with van der Waals surface area (Å²) >= 11 is 0. The molecule has 0 rings (SSSR count). The maximum atomic E-state index is 3.56. The molecule has 19 heavy (non-hydrogen) atoms. The van der Waals surface area contributed by atoms with Crippen LogP contribution >= 0.6 is 0 Å². The van der Waals surface area contributed by atoms with Crippen LogP contribution in [0.5, 0.6) is 0 Å². The van der Waals surface area contributed by atoms with Crippen LogP contribution in [0.3, 0.4) is 0 Å². The minimum absolute atomic E-state index is 0.529. The summed E-state index contributed by atoms with van der Waals surface area (Å²) in [5.74, 6) is 0. The summed E-state index contributed by atoms with van der Waals surface area (Å²) < 4.78 is 0. The Morgan fingerprint density at radius 1 is 1.21 bits per heavy atom. The Hall–Kier alpha value is 0.134. The standard InChI is InChI=1S/C16H37NSi2/c1-14(2)13-18(12-10-11-17-15(3)4)19(8,9)16(5,6)7/h13,15,17-18H,10-12H2,1-9H3. The van der Waals surface area contributed by atoms with Crippen molar-refractivity contribution < 1.29 is 0 Å². The van der Waals surface area contributed by atoms with Crippen molar-refractivity contribution in [2.75, 3.05) is 6.54 Å². The number of hydrogen-bond acceptors (Lipinski definition) is 1. The van der Waals surface area contributed by atoms with Crippen LogP contribution in [0, 0.1) is 0 Å². The highest BCUT2D eigenvalue weighted by Gasteiger charge is 2.41. The van der Waals surface area contributed by atoms with Gasteiger partial charge in [0.1, 0.15) is 0 Å². The van der Waals surface area contributed by atoms with Crippen LogP contribution in [-0.4, -0.2) is 28.5 Å². The molecule has 3 heteroatoms. The topological polar surface area (TPSA) is 12.0 Å². The van der Waals surface area contributed by atoms with Gasteiger partial charge in [-0.25, -0.2) is 0 Å². The maximum Gasteiger partial charge on any atom is 0.0560 e. The second-order valence-corrected chi connectivity index (χ2v) is 21.7. The summed E-state index contributed by atoms with van der Waals surface area (Å²) in [5, 5.41) is 4.09. The first-order chi connectivity index (χ1) is 8.48. The SMILES string of the molecule is CC(C)=C[SiH](CCCNC(C)C)[Si](C)(C)C(C)(C)C. The molecule has 114 valence electrons. The quantitative estimate of drug-likeness (QED) is 0.531. The summed E-state index contributed by atoms with van der Waals surface area (Å²) in [4.78, 5) is 0. The summed E-state index contributed by atoms with van der Waals surface area (Å²) in [5.41, 5.74) is 4.23. The Labute approximate surface area is 124 Å². The Kier molecular flexibility index (Phi) is 7.85. The third-order valence-corrected chi connectivity index (χ3v) is 22.0. The Bertz CT molecular complexity index is 284. The lowest BCUT2D eigenvalue weighted by Gasteiger charge is -2.42. The molecule has 0 aromatic heterocycles. The molecule has 0 saturated heterocycles. The smallest absolute Gasteiger partial charge is 0.0560 e. The third kappa shape index (κ3) is 6.91. The monoisotopic (exact) mass is 299 g/mol. The van der Waals surface area contributed by atoms with Crippen molar-refractivity contribution in [2.45, 2.75) is 85.1 Å². The summed E-state index contributed by atoms with van der Waals surface area (Å²) in [6.45, 7) is 22.8. The van der Waals surface area contributed by atoms with Gasteiger partial charge >= 0.3 is 0 Å². The molecule has 1 N–H and O–H groups in total. The van der Waals surface area contributed by atoms with Crippen molar-refractivity contribution in [3.05, 3.63) is 11.3 Å². The van der Waals surface area contributed by atoms with Gasteiger partial charge in [0.15, 0.2) is 0 Å². The molecule has 0 aliphatic heterocycles. The first-order valence-corrected chi connectivity index (χ1v) is 14.2. The van der Waals surface area contributed by atoms with Gasteiger partial charge in [-0.05, 0) is 31.9 Å². The van der Waals surface area contributed by atoms with E-state index in [1.54, 1.807) is 5.57 Å². The van der Waals surface area contributed by atoms with Gasteiger partial charge in [-0.3, -0.25) is 0 Å². The van der Waals surface area contributed by atoms with E-state index in [0.717, 1.165) is 0 Å².